The van der Waals surface area contributed by atoms with Crippen molar-refractivity contribution in [2.24, 2.45) is 15.0 Å². The van der Waals surface area contributed by atoms with Gasteiger partial charge in [0, 0.05) is 118 Å². The molecule has 6 saturated heterocycles. The first kappa shape index (κ1) is 105. The van der Waals surface area contributed by atoms with Gasteiger partial charge in [0.1, 0.15) is 53.9 Å². The van der Waals surface area contributed by atoms with E-state index in [-0.39, 0.29) is 81.5 Å². The molecule has 0 radical (unpaired) electrons. The first-order valence-corrected chi connectivity index (χ1v) is 50.1. The molecule has 9 aliphatic heterocycles. The fraction of sp³-hybridized carbons (Fsp3) is 0.659. The first-order chi connectivity index (χ1) is 58.6. The van der Waals surface area contributed by atoms with Crippen LogP contribution in [0.1, 0.15) is 262 Å². The third-order valence-electron chi connectivity index (χ3n) is 23.8. The second kappa shape index (κ2) is 52.3. The van der Waals surface area contributed by atoms with Crippen molar-refractivity contribution in [3.63, 3.8) is 0 Å². The monoisotopic (exact) mass is 1830 g/mol. The van der Waals surface area contributed by atoms with Crippen LogP contribution in [0.15, 0.2) is 91.4 Å². The molecule has 12 rings (SSSR count). The van der Waals surface area contributed by atoms with E-state index in [1.54, 1.807) is 20.8 Å². The van der Waals surface area contributed by atoms with Crippen LogP contribution in [0, 0.1) is 20.8 Å². The molecule has 3 aromatic carbocycles. The van der Waals surface area contributed by atoms with Gasteiger partial charge >= 0.3 is 0 Å². The lowest BCUT2D eigenvalue weighted by Crippen LogP contribution is -2.50. The molecular formula is C91H143BrN12O16S3. The van der Waals surface area contributed by atoms with Crippen molar-refractivity contribution in [3.8, 4) is 0 Å². The van der Waals surface area contributed by atoms with Gasteiger partial charge < -0.3 is 50.0 Å². The predicted octanol–water partition coefficient (Wildman–Crippen LogP) is 14.3. The Hall–Kier alpha value is -6.98. The number of nitrogens with zero attached hydrogens (tertiary/aromatic N) is 9. The zero-order chi connectivity index (χ0) is 88.9. The summed E-state index contributed by atoms with van der Waals surface area (Å²) in [6, 6.07) is 17.2. The van der Waals surface area contributed by atoms with Crippen molar-refractivity contribution in [1.29, 1.82) is 0 Å². The standard InChI is InChI=1S/C29H44N4O5S.C29H42N4O5S.C18H31N3O3S.C11H12BrNO2.C2H6.CH4O.CH4/c2*1-3-4-5-6-7-8-9-10-26-30-28(35)29(31-26)14-16-32(17-15-29)39(36,37)20-13-24-11-12-25(21-23(24)2)33-18-19-38-22-27(33)34;1-3-5-6-7-8-9-10-11-16-19-17(22)18(20-16)12-14-21(15-13-18)25(23,24)4-2;1-8-6-9(2-3-10(8)12)13-4-5-15-7-11(13)14;2*1-2;/h11-12,21H,3-10,13-20,22H2,1-2H3,(H,30,31,35);11-13,20-21H,3-10,14-19,22H2,1-2H3,(H,30,31,35);4H,2-3,5-15H2,1H3,(H,19,20,22);2-3,6H,4-5,7H2,1H3;1-2H3;2H,1H3;1H4/b;20-13+;;;;;. The van der Waals surface area contributed by atoms with Gasteiger partial charge in [0.15, 0.2) is 0 Å². The van der Waals surface area contributed by atoms with E-state index < -0.39 is 46.7 Å². The number of unbranched alkanes of at least 4 members (excludes halogenated alkanes) is 18. The molecule has 0 atom stereocenters. The number of ether oxygens (including phenoxy) is 3. The number of nitrogens with one attached hydrogen (secondary N) is 3. The number of hydrogen-bond acceptors (Lipinski definition) is 19. The Bertz CT molecular complexity index is 4420. The molecule has 0 unspecified atom stereocenters. The van der Waals surface area contributed by atoms with E-state index in [0.29, 0.717) is 111 Å². The summed E-state index contributed by atoms with van der Waals surface area (Å²) < 4.78 is 97.1. The van der Waals surface area contributed by atoms with Gasteiger partial charge in [-0.2, -0.15) is 8.61 Å². The number of sulfonamides is 3. The number of aliphatic hydroxyl groups excluding tert-OH is 1. The number of halogens is 1. The summed E-state index contributed by atoms with van der Waals surface area (Å²) in [5, 5.41) is 18.1. The van der Waals surface area contributed by atoms with Gasteiger partial charge in [0.2, 0.25) is 30.1 Å². The number of anilines is 3. The molecule has 6 amide bonds. The number of benzene rings is 3. The third-order valence-corrected chi connectivity index (χ3v) is 29.6. The lowest BCUT2D eigenvalue weighted by molar-refractivity contribution is -0.126. The number of carbonyl (C=O) groups excluding carboxylic acids is 6. The summed E-state index contributed by atoms with van der Waals surface area (Å²) in [5.74, 6) is 1.95. The molecule has 9 aliphatic rings. The fourth-order valence-electron chi connectivity index (χ4n) is 16.3. The van der Waals surface area contributed by atoms with E-state index in [2.05, 4.69) is 64.2 Å². The Kier molecular flexibility index (Phi) is 44.6. The highest BCUT2D eigenvalue weighted by molar-refractivity contribution is 9.10. The molecule has 0 aliphatic carbocycles. The van der Waals surface area contributed by atoms with E-state index in [1.165, 1.54) is 115 Å². The minimum Gasteiger partial charge on any atom is -0.400 e. The topological polar surface area (TPSA) is 345 Å². The highest BCUT2D eigenvalue weighted by atomic mass is 79.9. The number of amides is 6. The lowest BCUT2D eigenvalue weighted by atomic mass is 9.89. The number of aliphatic hydroxyl groups is 1. The van der Waals surface area contributed by atoms with Crippen LogP contribution in [-0.4, -0.2) is 224 Å². The number of carbonyl (C=O) groups is 6. The summed E-state index contributed by atoms with van der Waals surface area (Å²) in [6.45, 7) is 25.2. The molecule has 32 heteroatoms. The summed E-state index contributed by atoms with van der Waals surface area (Å²) >= 11 is 3.44. The van der Waals surface area contributed by atoms with Gasteiger partial charge in [0.05, 0.1) is 25.6 Å². The predicted molar refractivity (Wildman–Crippen MR) is 497 cm³/mol. The van der Waals surface area contributed by atoms with E-state index >= 15 is 0 Å². The lowest BCUT2D eigenvalue weighted by Gasteiger charge is -2.34. The van der Waals surface area contributed by atoms with Gasteiger partial charge in [-0.05, 0) is 161 Å². The molecule has 3 aromatic rings. The third kappa shape index (κ3) is 30.9. The van der Waals surface area contributed by atoms with Crippen molar-refractivity contribution in [1.82, 2.24) is 28.9 Å². The van der Waals surface area contributed by atoms with E-state index in [4.69, 9.17) is 29.3 Å². The Morgan fingerprint density at radius 1 is 0.439 bits per heavy atom. The Labute approximate surface area is 743 Å². The fourth-order valence-corrected chi connectivity index (χ4v) is 20.1. The first-order valence-electron chi connectivity index (χ1n) is 44.6. The van der Waals surface area contributed by atoms with Crippen LogP contribution in [0.2, 0.25) is 0 Å². The number of morpholine rings is 3. The number of rotatable bonds is 36. The van der Waals surface area contributed by atoms with Crippen molar-refractivity contribution in [2.75, 3.05) is 126 Å². The van der Waals surface area contributed by atoms with Crippen LogP contribution in [0.5, 0.6) is 0 Å². The molecule has 123 heavy (non-hydrogen) atoms. The summed E-state index contributed by atoms with van der Waals surface area (Å²) in [4.78, 5) is 93.2. The molecule has 6 fully saturated rings. The molecule has 9 heterocycles. The number of aliphatic imine (C=N–C) groups is 3. The molecule has 0 bridgehead atoms. The molecule has 28 nitrogen and oxygen atoms in total. The summed E-state index contributed by atoms with van der Waals surface area (Å²) in [6.07, 6.45) is 32.3. The molecule has 0 saturated carbocycles. The maximum atomic E-state index is 13.2. The van der Waals surface area contributed by atoms with Gasteiger partial charge in [-0.1, -0.05) is 192 Å². The quantitative estimate of drug-likeness (QED) is 0.0393. The zero-order valence-corrected chi connectivity index (χ0v) is 78.1. The van der Waals surface area contributed by atoms with Crippen molar-refractivity contribution >= 4 is 122 Å². The molecule has 4 N–H and O–H groups in total. The summed E-state index contributed by atoms with van der Waals surface area (Å²) in [5.41, 5.74) is 4.82. The van der Waals surface area contributed by atoms with Gasteiger partial charge in [-0.15, -0.1) is 0 Å². The van der Waals surface area contributed by atoms with Crippen LogP contribution in [-0.2, 0) is 79.5 Å². The van der Waals surface area contributed by atoms with Crippen LogP contribution >= 0.6 is 15.9 Å². The minimum atomic E-state index is -3.65. The number of aryl methyl sites for hydroxylation is 4. The number of hydrogen-bond donors (Lipinski definition) is 4. The number of piperidine rings is 3. The van der Waals surface area contributed by atoms with Crippen molar-refractivity contribution in [2.45, 2.75) is 278 Å². The second-order valence-corrected chi connectivity index (χ2v) is 39.1. The van der Waals surface area contributed by atoms with Gasteiger partial charge in [-0.25, -0.2) is 29.6 Å². The molecular weight excluding hydrogens is 1690 g/mol. The normalized spacial score (nSPS) is 19.0. The SMILES string of the molecule is C.C=CS(=O)(=O)N1CCC2(CC1)N=C(CCCCCCCCC)NC2=O.CC.CCCCCCCCCC1=NC2(CCN(S(=O)(=O)/C=C/c3ccc(N4CCOCC4=O)cc3C)CC2)C(=O)N1.CCCCCCCCCC1=NC2(CCN(S(=O)(=O)CCc3ccc(N4CCOCC4=O)cc3C)CC2)C(=O)N1.CO.Cc1cc(N2CCOCC2=O)ccc1Br. The van der Waals surface area contributed by atoms with Gasteiger partial charge in [-0.3, -0.25) is 43.7 Å². The molecule has 688 valence electrons. The van der Waals surface area contributed by atoms with E-state index in [0.717, 1.165) is 137 Å². The Morgan fingerprint density at radius 2 is 0.764 bits per heavy atom. The molecule has 3 spiro atoms. The largest absolute Gasteiger partial charge is 0.400 e. The van der Waals surface area contributed by atoms with Crippen LogP contribution in [0.3, 0.4) is 0 Å². The van der Waals surface area contributed by atoms with Gasteiger partial charge in [0.25, 0.3) is 35.4 Å². The maximum Gasteiger partial charge on any atom is 0.253 e. The smallest absolute Gasteiger partial charge is 0.253 e. The minimum absolute atomic E-state index is 0. The van der Waals surface area contributed by atoms with Crippen LogP contribution in [0.25, 0.3) is 6.08 Å². The average Bonchev–Trinajstić information content (AvgIpc) is 1.66. The van der Waals surface area contributed by atoms with Crippen LogP contribution in [0.4, 0.5) is 17.1 Å². The van der Waals surface area contributed by atoms with Crippen molar-refractivity contribution in [3.05, 3.63) is 104 Å². The second-order valence-electron chi connectivity index (χ2n) is 32.4. The zero-order valence-electron chi connectivity index (χ0n) is 74.1. The highest BCUT2D eigenvalue weighted by Gasteiger charge is 2.50. The Balaban J connectivity index is 0.000000261. The van der Waals surface area contributed by atoms with E-state index in [1.807, 2.05) is 89.2 Å². The Morgan fingerprint density at radius 3 is 1.11 bits per heavy atom. The van der Waals surface area contributed by atoms with Crippen molar-refractivity contribution < 1.29 is 73.3 Å². The maximum absolute atomic E-state index is 13.2. The molecule has 0 aromatic heterocycles. The van der Waals surface area contributed by atoms with Crippen LogP contribution < -0.4 is 30.7 Å². The summed E-state index contributed by atoms with van der Waals surface area (Å²) in [7, 11) is -9.53. The van der Waals surface area contributed by atoms with E-state index in [9.17, 15) is 54.0 Å². The number of amidine groups is 3. The highest BCUT2D eigenvalue weighted by Crippen LogP contribution is 2.37. The average molecular weight is 1840 g/mol.